The lowest BCUT2D eigenvalue weighted by atomic mass is 10.2. The molecule has 6 heteroatoms. The molecular formula is C12H10ClN3O2. The van der Waals surface area contributed by atoms with Crippen molar-refractivity contribution in [1.29, 1.82) is 0 Å². The predicted octanol–water partition coefficient (Wildman–Crippen LogP) is 2.24. The summed E-state index contributed by atoms with van der Waals surface area (Å²) in [5.74, 6) is 0.0850. The summed E-state index contributed by atoms with van der Waals surface area (Å²) < 4.78 is 5.90. The van der Waals surface area contributed by atoms with Crippen molar-refractivity contribution in [2.75, 3.05) is 7.11 Å². The number of hydrogen-bond acceptors (Lipinski definition) is 4. The van der Waals surface area contributed by atoms with Crippen molar-refractivity contribution in [3.05, 3.63) is 41.7 Å². The molecule has 2 rings (SSSR count). The van der Waals surface area contributed by atoms with Gasteiger partial charge in [0.2, 0.25) is 0 Å². The molecule has 0 saturated carbocycles. The summed E-state index contributed by atoms with van der Waals surface area (Å²) >= 11 is 5.89. The molecule has 1 heterocycles. The van der Waals surface area contributed by atoms with Gasteiger partial charge in [-0.3, -0.25) is 0 Å². The molecule has 0 aliphatic rings. The standard InChI is InChI=1S/C12H10ClN3O2/c1-18-11(17)5-6-16-8-14-12(15-16)9-3-2-4-10(13)7-9/h2-8H,1H3/b6-5-. The van der Waals surface area contributed by atoms with Gasteiger partial charge in [-0.05, 0) is 12.1 Å². The van der Waals surface area contributed by atoms with Gasteiger partial charge in [-0.25, -0.2) is 14.5 Å². The number of rotatable bonds is 3. The van der Waals surface area contributed by atoms with Gasteiger partial charge in [0.15, 0.2) is 5.82 Å². The Bertz CT molecular complexity index is 593. The zero-order valence-corrected chi connectivity index (χ0v) is 10.3. The average molecular weight is 264 g/mol. The SMILES string of the molecule is COC(=O)/C=C\n1cnc(-c2cccc(Cl)c2)n1. The Balaban J connectivity index is 2.20. The number of hydrogen-bond donors (Lipinski definition) is 0. The lowest BCUT2D eigenvalue weighted by Crippen LogP contribution is -1.96. The lowest BCUT2D eigenvalue weighted by molar-refractivity contribution is -0.134. The average Bonchev–Trinajstić information content (AvgIpc) is 2.84. The summed E-state index contributed by atoms with van der Waals surface area (Å²) in [7, 11) is 1.31. The third-order valence-corrected chi connectivity index (χ3v) is 2.39. The molecule has 1 aromatic heterocycles. The smallest absolute Gasteiger partial charge is 0.332 e. The Morgan fingerprint density at radius 3 is 3.06 bits per heavy atom. The first-order chi connectivity index (χ1) is 8.69. The van der Waals surface area contributed by atoms with E-state index in [4.69, 9.17) is 11.6 Å². The predicted molar refractivity (Wildman–Crippen MR) is 67.8 cm³/mol. The van der Waals surface area contributed by atoms with Gasteiger partial charge >= 0.3 is 5.97 Å². The second-order valence-corrected chi connectivity index (χ2v) is 3.83. The highest BCUT2D eigenvalue weighted by atomic mass is 35.5. The third kappa shape index (κ3) is 2.95. The van der Waals surface area contributed by atoms with Gasteiger partial charge < -0.3 is 4.74 Å². The maximum atomic E-state index is 10.9. The van der Waals surface area contributed by atoms with Crippen LogP contribution in [0.3, 0.4) is 0 Å². The second-order valence-electron chi connectivity index (χ2n) is 3.40. The minimum atomic E-state index is -0.449. The number of halogens is 1. The summed E-state index contributed by atoms with van der Waals surface area (Å²) in [5.41, 5.74) is 0.813. The van der Waals surface area contributed by atoms with E-state index in [2.05, 4.69) is 14.8 Å². The fourth-order valence-corrected chi connectivity index (χ4v) is 1.50. The lowest BCUT2D eigenvalue weighted by Gasteiger charge is -1.95. The van der Waals surface area contributed by atoms with Crippen LogP contribution in [0.5, 0.6) is 0 Å². The third-order valence-electron chi connectivity index (χ3n) is 2.16. The van der Waals surface area contributed by atoms with E-state index in [1.807, 2.05) is 12.1 Å². The molecule has 0 saturated heterocycles. The van der Waals surface area contributed by atoms with Gasteiger partial charge in [0.1, 0.15) is 6.33 Å². The number of ether oxygens (including phenoxy) is 1. The molecule has 2 aromatic rings. The maximum Gasteiger partial charge on any atom is 0.332 e. The van der Waals surface area contributed by atoms with E-state index in [1.54, 1.807) is 12.1 Å². The van der Waals surface area contributed by atoms with Crippen LogP contribution in [0.15, 0.2) is 36.7 Å². The van der Waals surface area contributed by atoms with E-state index in [-0.39, 0.29) is 0 Å². The van der Waals surface area contributed by atoms with Crippen molar-refractivity contribution in [2.24, 2.45) is 0 Å². The number of methoxy groups -OCH3 is 1. The Hall–Kier alpha value is -2.14. The van der Waals surface area contributed by atoms with Crippen molar-refractivity contribution >= 4 is 23.8 Å². The van der Waals surface area contributed by atoms with Crippen LogP contribution in [0, 0.1) is 0 Å². The molecule has 0 unspecified atom stereocenters. The largest absolute Gasteiger partial charge is 0.466 e. The second kappa shape index (κ2) is 5.46. The highest BCUT2D eigenvalue weighted by molar-refractivity contribution is 6.30. The molecule has 0 bridgehead atoms. The Kier molecular flexibility index (Phi) is 3.74. The van der Waals surface area contributed by atoms with E-state index in [0.29, 0.717) is 10.8 Å². The Morgan fingerprint density at radius 1 is 1.50 bits per heavy atom. The fourth-order valence-electron chi connectivity index (χ4n) is 1.31. The minimum absolute atomic E-state index is 0.449. The highest BCUT2D eigenvalue weighted by Gasteiger charge is 2.03. The molecule has 5 nitrogen and oxygen atoms in total. The molecule has 0 aliphatic carbocycles. The number of aromatic nitrogens is 3. The fraction of sp³-hybridized carbons (Fsp3) is 0.0833. The summed E-state index contributed by atoms with van der Waals surface area (Å²) in [6.07, 6.45) is 4.22. The monoisotopic (exact) mass is 263 g/mol. The zero-order valence-electron chi connectivity index (χ0n) is 9.58. The highest BCUT2D eigenvalue weighted by Crippen LogP contribution is 2.18. The molecule has 0 N–H and O–H groups in total. The number of carbonyl (C=O) groups excluding carboxylic acids is 1. The van der Waals surface area contributed by atoms with Crippen LogP contribution in [-0.2, 0) is 9.53 Å². The molecule has 92 valence electrons. The molecule has 0 atom stereocenters. The van der Waals surface area contributed by atoms with Crippen molar-refractivity contribution in [3.63, 3.8) is 0 Å². The van der Waals surface area contributed by atoms with Crippen LogP contribution in [0.4, 0.5) is 0 Å². The van der Waals surface area contributed by atoms with Crippen molar-refractivity contribution in [1.82, 2.24) is 14.8 Å². The first-order valence-corrected chi connectivity index (χ1v) is 5.50. The first kappa shape index (κ1) is 12.3. The molecule has 18 heavy (non-hydrogen) atoms. The van der Waals surface area contributed by atoms with E-state index in [0.717, 1.165) is 5.56 Å². The minimum Gasteiger partial charge on any atom is -0.466 e. The quantitative estimate of drug-likeness (QED) is 0.629. The van der Waals surface area contributed by atoms with Crippen LogP contribution < -0.4 is 0 Å². The molecular weight excluding hydrogens is 254 g/mol. The van der Waals surface area contributed by atoms with Gasteiger partial charge in [-0.2, -0.15) is 0 Å². The van der Waals surface area contributed by atoms with Crippen LogP contribution in [-0.4, -0.2) is 27.8 Å². The molecule has 1 aromatic carbocycles. The Morgan fingerprint density at radius 2 is 2.33 bits per heavy atom. The maximum absolute atomic E-state index is 10.9. The molecule has 0 radical (unpaired) electrons. The number of carbonyl (C=O) groups is 1. The Labute approximate surface area is 109 Å². The van der Waals surface area contributed by atoms with Gasteiger partial charge in [-0.15, -0.1) is 5.10 Å². The summed E-state index contributed by atoms with van der Waals surface area (Å²) in [5, 5.41) is 4.80. The van der Waals surface area contributed by atoms with Crippen molar-refractivity contribution in [2.45, 2.75) is 0 Å². The first-order valence-electron chi connectivity index (χ1n) is 5.12. The molecule has 0 aliphatic heterocycles. The van der Waals surface area contributed by atoms with E-state index in [9.17, 15) is 4.79 Å². The summed E-state index contributed by atoms with van der Waals surface area (Å²) in [6, 6.07) is 7.22. The van der Waals surface area contributed by atoms with Gasteiger partial charge in [-0.1, -0.05) is 23.7 Å². The van der Waals surface area contributed by atoms with Crippen LogP contribution in [0.25, 0.3) is 17.6 Å². The van der Waals surface area contributed by atoms with Crippen LogP contribution in [0.2, 0.25) is 5.02 Å². The van der Waals surface area contributed by atoms with E-state index in [1.165, 1.54) is 30.4 Å². The van der Waals surface area contributed by atoms with E-state index >= 15 is 0 Å². The summed E-state index contributed by atoms with van der Waals surface area (Å²) in [4.78, 5) is 15.0. The van der Waals surface area contributed by atoms with Gasteiger partial charge in [0.05, 0.1) is 7.11 Å². The number of esters is 1. The normalized spacial score (nSPS) is 10.8. The van der Waals surface area contributed by atoms with Crippen LogP contribution in [0.1, 0.15) is 0 Å². The number of benzene rings is 1. The number of nitrogens with zero attached hydrogens (tertiary/aromatic N) is 3. The van der Waals surface area contributed by atoms with Crippen molar-refractivity contribution in [3.8, 4) is 11.4 Å². The topological polar surface area (TPSA) is 57.0 Å². The molecule has 0 amide bonds. The van der Waals surface area contributed by atoms with Gasteiger partial charge in [0, 0.05) is 22.9 Å². The van der Waals surface area contributed by atoms with E-state index < -0.39 is 5.97 Å². The van der Waals surface area contributed by atoms with Gasteiger partial charge in [0.25, 0.3) is 0 Å². The summed E-state index contributed by atoms with van der Waals surface area (Å²) in [6.45, 7) is 0. The zero-order chi connectivity index (χ0) is 13.0. The van der Waals surface area contributed by atoms with Crippen LogP contribution >= 0.6 is 11.6 Å². The molecule has 0 fully saturated rings. The molecule has 0 spiro atoms. The van der Waals surface area contributed by atoms with Crippen molar-refractivity contribution < 1.29 is 9.53 Å².